The lowest BCUT2D eigenvalue weighted by atomic mass is 9.89. The van der Waals surface area contributed by atoms with Crippen molar-refractivity contribution in [2.24, 2.45) is 0 Å². The van der Waals surface area contributed by atoms with Gasteiger partial charge in [-0.2, -0.15) is 0 Å². The van der Waals surface area contributed by atoms with Gasteiger partial charge in [0.2, 0.25) is 0 Å². The highest BCUT2D eigenvalue weighted by Gasteiger charge is 2.26. The van der Waals surface area contributed by atoms with Crippen LogP contribution in [-0.4, -0.2) is 42.5 Å². The maximum Gasteiger partial charge on any atom is 0.253 e. The predicted octanol–water partition coefficient (Wildman–Crippen LogP) is 5.03. The zero-order valence-corrected chi connectivity index (χ0v) is 20.2. The van der Waals surface area contributed by atoms with E-state index in [0.29, 0.717) is 30.6 Å². The smallest absolute Gasteiger partial charge is 0.253 e. The molecule has 5 nitrogen and oxygen atoms in total. The third-order valence-corrected chi connectivity index (χ3v) is 6.56. The molecule has 184 valence electrons. The second-order valence-electron chi connectivity index (χ2n) is 8.99. The molecule has 1 aromatic heterocycles. The molecular formula is C28H31F2N3O2. The Hall–Kier alpha value is -3.32. The van der Waals surface area contributed by atoms with E-state index in [4.69, 9.17) is 9.72 Å². The van der Waals surface area contributed by atoms with Gasteiger partial charge in [0.25, 0.3) is 5.91 Å². The van der Waals surface area contributed by atoms with Gasteiger partial charge in [0.15, 0.2) is 0 Å². The molecule has 0 unspecified atom stereocenters. The third kappa shape index (κ3) is 6.22. The average Bonchev–Trinajstić information content (AvgIpc) is 2.86. The summed E-state index contributed by atoms with van der Waals surface area (Å²) in [6.45, 7) is 4.38. The lowest BCUT2D eigenvalue weighted by Crippen LogP contribution is -2.34. The number of ether oxygens (including phenoxy) is 1. The second-order valence-corrected chi connectivity index (χ2v) is 8.99. The van der Waals surface area contributed by atoms with Crippen molar-refractivity contribution in [3.63, 3.8) is 0 Å². The van der Waals surface area contributed by atoms with Gasteiger partial charge >= 0.3 is 0 Å². The zero-order valence-electron chi connectivity index (χ0n) is 20.2. The average molecular weight is 480 g/mol. The Labute approximate surface area is 205 Å². The fourth-order valence-corrected chi connectivity index (χ4v) is 4.65. The number of methoxy groups -OCH3 is 1. The van der Waals surface area contributed by atoms with Gasteiger partial charge < -0.3 is 10.1 Å². The van der Waals surface area contributed by atoms with Gasteiger partial charge in [-0.3, -0.25) is 14.7 Å². The number of carbonyl (C=O) groups is 1. The third-order valence-electron chi connectivity index (χ3n) is 6.56. The molecule has 0 bridgehead atoms. The highest BCUT2D eigenvalue weighted by atomic mass is 19.1. The summed E-state index contributed by atoms with van der Waals surface area (Å²) in [5, 5.41) is 3.03. The Kier molecular flexibility index (Phi) is 8.08. The minimum Gasteiger partial charge on any atom is -0.496 e. The number of likely N-dealkylation sites (tertiary alicyclic amines) is 1. The molecule has 0 aliphatic carbocycles. The number of nitrogens with zero attached hydrogens (tertiary/aromatic N) is 2. The molecule has 1 aliphatic rings. The fourth-order valence-electron chi connectivity index (χ4n) is 4.65. The topological polar surface area (TPSA) is 54.5 Å². The number of benzene rings is 2. The number of para-hydroxylation sites is 1. The lowest BCUT2D eigenvalue weighted by Gasteiger charge is -2.32. The second kappa shape index (κ2) is 11.4. The minimum atomic E-state index is -0.566. The normalized spacial score (nSPS) is 14.6. The molecule has 0 atom stereocenters. The number of piperidine rings is 1. The van der Waals surface area contributed by atoms with Crippen molar-refractivity contribution in [2.45, 2.75) is 38.6 Å². The summed E-state index contributed by atoms with van der Waals surface area (Å²) in [7, 11) is 1.64. The minimum absolute atomic E-state index is 0.127. The molecule has 7 heteroatoms. The molecule has 3 aromatic rings. The summed E-state index contributed by atoms with van der Waals surface area (Å²) < 4.78 is 32.7. The van der Waals surface area contributed by atoms with Crippen LogP contribution in [-0.2, 0) is 13.0 Å². The molecule has 1 aliphatic heterocycles. The van der Waals surface area contributed by atoms with Crippen LogP contribution in [0.3, 0.4) is 0 Å². The van der Waals surface area contributed by atoms with Gasteiger partial charge in [0, 0.05) is 36.3 Å². The summed E-state index contributed by atoms with van der Waals surface area (Å²) in [4.78, 5) is 20.0. The first-order valence-corrected chi connectivity index (χ1v) is 12.0. The number of amides is 1. The van der Waals surface area contributed by atoms with Gasteiger partial charge in [-0.05, 0) is 69.1 Å². The van der Waals surface area contributed by atoms with E-state index in [2.05, 4.69) is 10.2 Å². The summed E-state index contributed by atoms with van der Waals surface area (Å²) >= 11 is 0. The highest BCUT2D eigenvalue weighted by Crippen LogP contribution is 2.30. The first-order chi connectivity index (χ1) is 16.9. The number of aromatic nitrogens is 1. The van der Waals surface area contributed by atoms with Crippen LogP contribution in [0.25, 0.3) is 0 Å². The van der Waals surface area contributed by atoms with Gasteiger partial charge in [-0.25, -0.2) is 8.78 Å². The van der Waals surface area contributed by atoms with E-state index < -0.39 is 11.6 Å². The van der Waals surface area contributed by atoms with Crippen molar-refractivity contribution >= 4 is 5.91 Å². The van der Waals surface area contributed by atoms with Crippen molar-refractivity contribution in [3.8, 4) is 5.75 Å². The monoisotopic (exact) mass is 479 g/mol. The van der Waals surface area contributed by atoms with E-state index in [1.54, 1.807) is 7.11 Å². The van der Waals surface area contributed by atoms with Crippen LogP contribution < -0.4 is 10.1 Å². The summed E-state index contributed by atoms with van der Waals surface area (Å²) in [5.41, 5.74) is 3.85. The molecule has 1 fully saturated rings. The predicted molar refractivity (Wildman–Crippen MR) is 132 cm³/mol. The Morgan fingerprint density at radius 1 is 1.09 bits per heavy atom. The molecule has 4 rings (SSSR count). The molecule has 1 saturated heterocycles. The number of hydrogen-bond donors (Lipinski definition) is 1. The Morgan fingerprint density at radius 2 is 1.86 bits per heavy atom. The quantitative estimate of drug-likeness (QED) is 0.493. The maximum absolute atomic E-state index is 14.1. The summed E-state index contributed by atoms with van der Waals surface area (Å²) in [6, 6.07) is 15.2. The van der Waals surface area contributed by atoms with Gasteiger partial charge in [-0.15, -0.1) is 0 Å². The number of rotatable bonds is 8. The molecule has 0 radical (unpaired) electrons. The molecule has 35 heavy (non-hydrogen) atoms. The lowest BCUT2D eigenvalue weighted by molar-refractivity contribution is 0.0951. The number of nitrogens with one attached hydrogen (secondary N) is 1. The van der Waals surface area contributed by atoms with Gasteiger partial charge in [0.05, 0.1) is 18.4 Å². The number of halogens is 2. The molecule has 0 saturated carbocycles. The standard InChI is InChI=1S/C28H31F2N3O2/c1-19-7-10-24(28(34)31-14-11-20-5-3-4-6-26(20)35-2)27(32-19)21-12-15-33(16-13-21)18-22-8-9-23(29)17-25(22)30/h3-10,17,21H,11-16,18H2,1-2H3,(H,31,34). The number of carbonyl (C=O) groups excluding carboxylic acids is 1. The highest BCUT2D eigenvalue weighted by molar-refractivity contribution is 5.95. The SMILES string of the molecule is COc1ccccc1CCNC(=O)c1ccc(C)nc1C1CCN(Cc2ccc(F)cc2F)CC1. The van der Waals surface area contributed by atoms with E-state index in [0.717, 1.165) is 54.7 Å². The van der Waals surface area contributed by atoms with Crippen molar-refractivity contribution < 1.29 is 18.3 Å². The molecule has 2 heterocycles. The van der Waals surface area contributed by atoms with Crippen LogP contribution in [0.5, 0.6) is 5.75 Å². The van der Waals surface area contributed by atoms with E-state index >= 15 is 0 Å². The van der Waals surface area contributed by atoms with E-state index in [1.807, 2.05) is 43.3 Å². The zero-order chi connectivity index (χ0) is 24.8. The van der Waals surface area contributed by atoms with Crippen LogP contribution in [0.15, 0.2) is 54.6 Å². The molecule has 1 amide bonds. The molecule has 0 spiro atoms. The van der Waals surface area contributed by atoms with E-state index in [1.165, 1.54) is 12.1 Å². The largest absolute Gasteiger partial charge is 0.496 e. The van der Waals surface area contributed by atoms with Crippen LogP contribution in [0.2, 0.25) is 0 Å². The van der Waals surface area contributed by atoms with Crippen LogP contribution in [0, 0.1) is 18.6 Å². The van der Waals surface area contributed by atoms with Crippen molar-refractivity contribution in [1.82, 2.24) is 15.2 Å². The Bertz CT molecular complexity index is 1180. The van der Waals surface area contributed by atoms with Crippen molar-refractivity contribution in [3.05, 3.63) is 94.3 Å². The molecule has 1 N–H and O–H groups in total. The van der Waals surface area contributed by atoms with Crippen LogP contribution in [0.4, 0.5) is 8.78 Å². The molecule has 2 aromatic carbocycles. The first-order valence-electron chi connectivity index (χ1n) is 12.0. The summed E-state index contributed by atoms with van der Waals surface area (Å²) in [6.07, 6.45) is 2.31. The van der Waals surface area contributed by atoms with Crippen LogP contribution >= 0.6 is 0 Å². The van der Waals surface area contributed by atoms with Crippen LogP contribution in [0.1, 0.15) is 51.6 Å². The van der Waals surface area contributed by atoms with Crippen molar-refractivity contribution in [2.75, 3.05) is 26.7 Å². The van der Waals surface area contributed by atoms with E-state index in [9.17, 15) is 13.6 Å². The maximum atomic E-state index is 14.1. The van der Waals surface area contributed by atoms with Gasteiger partial charge in [0.1, 0.15) is 17.4 Å². The number of hydrogen-bond acceptors (Lipinski definition) is 4. The van der Waals surface area contributed by atoms with Crippen molar-refractivity contribution in [1.29, 1.82) is 0 Å². The molecular weight excluding hydrogens is 448 g/mol. The number of pyridine rings is 1. The van der Waals surface area contributed by atoms with Gasteiger partial charge in [-0.1, -0.05) is 24.3 Å². The fraction of sp³-hybridized carbons (Fsp3) is 0.357. The first kappa shape index (κ1) is 24.8. The van der Waals surface area contributed by atoms with E-state index in [-0.39, 0.29) is 11.8 Å². The summed E-state index contributed by atoms with van der Waals surface area (Å²) in [5.74, 6) is -0.243. The number of aryl methyl sites for hydroxylation is 1. The Balaban J connectivity index is 1.38. The Morgan fingerprint density at radius 3 is 2.60 bits per heavy atom.